The van der Waals surface area contributed by atoms with Crippen LogP contribution >= 0.6 is 0 Å². The van der Waals surface area contributed by atoms with Gasteiger partial charge in [0.15, 0.2) is 0 Å². The lowest BCUT2D eigenvalue weighted by atomic mass is 9.88. The third-order valence-corrected chi connectivity index (χ3v) is 12.3. The first-order valence-electron chi connectivity index (χ1n) is 14.1. The molecule has 0 radical (unpaired) electrons. The van der Waals surface area contributed by atoms with Gasteiger partial charge in [-0.05, 0) is 54.9 Å². The molecule has 4 atom stereocenters. The summed E-state index contributed by atoms with van der Waals surface area (Å²) < 4.78 is 11.4. The molecule has 0 aliphatic heterocycles. The Balaban J connectivity index is 5.30. The fraction of sp³-hybridized carbons (Fsp3) is 0.800. The Kier molecular flexibility index (Phi) is 18.5. The summed E-state index contributed by atoms with van der Waals surface area (Å²) in [4.78, 5) is 0. The predicted octanol–water partition coefficient (Wildman–Crippen LogP) is 8.78. The van der Waals surface area contributed by atoms with Crippen molar-refractivity contribution in [1.82, 2.24) is 0 Å². The normalized spacial score (nSPS) is 16.8. The van der Waals surface area contributed by atoms with Gasteiger partial charge in [-0.3, -0.25) is 0 Å². The molecule has 0 bridgehead atoms. The zero-order valence-corrected chi connectivity index (χ0v) is 26.8. The molecule has 0 fully saturated rings. The van der Waals surface area contributed by atoms with Crippen LogP contribution in [0.25, 0.3) is 0 Å². The molecule has 4 unspecified atom stereocenters. The quantitative estimate of drug-likeness (QED) is 0.0926. The van der Waals surface area contributed by atoms with E-state index < -0.39 is 16.6 Å². The van der Waals surface area contributed by atoms with Gasteiger partial charge in [-0.25, -0.2) is 0 Å². The fourth-order valence-corrected chi connectivity index (χ4v) is 9.39. The summed E-state index contributed by atoms with van der Waals surface area (Å²) in [7, 11) is -0.357. The minimum absolute atomic E-state index is 0.00899. The van der Waals surface area contributed by atoms with Crippen LogP contribution in [-0.2, 0) is 8.85 Å². The second-order valence-electron chi connectivity index (χ2n) is 12.4. The largest absolute Gasteiger partial charge is 0.396 e. The van der Waals surface area contributed by atoms with Gasteiger partial charge in [0.25, 0.3) is 0 Å². The number of hydrogen-bond donors (Lipinski definition) is 1. The summed E-state index contributed by atoms with van der Waals surface area (Å²) in [5, 5.41) is 9.92. The van der Waals surface area contributed by atoms with Crippen LogP contribution in [0.4, 0.5) is 0 Å². The van der Waals surface area contributed by atoms with Crippen LogP contribution in [-0.4, -0.2) is 42.2 Å². The molecule has 206 valence electrons. The molecule has 3 nitrogen and oxygen atoms in total. The van der Waals surface area contributed by atoms with Gasteiger partial charge in [0.05, 0.1) is 6.23 Å². The van der Waals surface area contributed by atoms with E-state index in [0.717, 1.165) is 18.4 Å². The van der Waals surface area contributed by atoms with Gasteiger partial charge in [0.2, 0.25) is 0 Å². The Bertz CT molecular complexity index is 583. The highest BCUT2D eigenvalue weighted by atomic mass is 28.4. The number of allylic oxidation sites excluding steroid dienone is 5. The lowest BCUT2D eigenvalue weighted by molar-refractivity contribution is 0.188. The van der Waals surface area contributed by atoms with Crippen LogP contribution < -0.4 is 0 Å². The Morgan fingerprint density at radius 1 is 0.829 bits per heavy atom. The third-order valence-electron chi connectivity index (χ3n) is 7.22. The van der Waals surface area contributed by atoms with Crippen molar-refractivity contribution in [2.45, 2.75) is 104 Å². The van der Waals surface area contributed by atoms with Crippen molar-refractivity contribution in [3.05, 3.63) is 37.0 Å². The van der Waals surface area contributed by atoms with E-state index in [1.54, 1.807) is 14.2 Å². The second-order valence-corrected chi connectivity index (χ2v) is 21.3. The van der Waals surface area contributed by atoms with Gasteiger partial charge in [0.1, 0.15) is 0 Å². The van der Waals surface area contributed by atoms with E-state index in [-0.39, 0.29) is 6.23 Å². The van der Waals surface area contributed by atoms with Gasteiger partial charge < -0.3 is 14.0 Å². The van der Waals surface area contributed by atoms with Gasteiger partial charge in [-0.15, -0.1) is 6.58 Å². The van der Waals surface area contributed by atoms with E-state index >= 15 is 0 Å². The van der Waals surface area contributed by atoms with Crippen molar-refractivity contribution in [2.75, 3.05) is 20.4 Å². The van der Waals surface area contributed by atoms with Crippen molar-refractivity contribution in [2.24, 2.45) is 29.6 Å². The zero-order chi connectivity index (χ0) is 26.9. The lowest BCUT2D eigenvalue weighted by Crippen LogP contribution is -2.46. The molecule has 0 heterocycles. The number of unbranched alkanes of at least 4 members (excludes halogenated alkanes) is 4. The van der Waals surface area contributed by atoms with Crippen LogP contribution in [0.2, 0.25) is 31.7 Å². The molecule has 0 amide bonds. The van der Waals surface area contributed by atoms with Gasteiger partial charge in [0, 0.05) is 22.3 Å². The fourth-order valence-electron chi connectivity index (χ4n) is 5.02. The highest BCUT2D eigenvalue weighted by Gasteiger charge is 2.38. The van der Waals surface area contributed by atoms with Gasteiger partial charge in [-0.1, -0.05) is 109 Å². The molecule has 0 aromatic rings. The smallest absolute Gasteiger partial charge is 0.364 e. The van der Waals surface area contributed by atoms with Crippen LogP contribution in [0.1, 0.15) is 72.6 Å². The van der Waals surface area contributed by atoms with Crippen LogP contribution in [0.15, 0.2) is 37.0 Å². The summed E-state index contributed by atoms with van der Waals surface area (Å²) in [6.45, 7) is 20.7. The standard InChI is InChI=1S/C30H60O3Si2/c1-11-18-29(28(5)24-35(25-31,32-6)33-7)21-22-30(27(4)23-34(8,9)10)20-17-15-13-12-14-16-19-26(2)3/h11,17,20-22,26-31H,1,12-16,18-19,23-25H2,2-10H3/b20-17+,22-21+. The van der Waals surface area contributed by atoms with Crippen LogP contribution in [0, 0.1) is 29.6 Å². The first-order chi connectivity index (χ1) is 16.4. The lowest BCUT2D eigenvalue weighted by Gasteiger charge is -2.31. The molecule has 5 heteroatoms. The number of aliphatic hydroxyl groups is 1. The van der Waals surface area contributed by atoms with Gasteiger partial charge in [-0.2, -0.15) is 0 Å². The van der Waals surface area contributed by atoms with Crippen molar-refractivity contribution < 1.29 is 14.0 Å². The minimum Gasteiger partial charge on any atom is -0.396 e. The third kappa shape index (κ3) is 16.1. The average molecular weight is 525 g/mol. The Morgan fingerprint density at radius 2 is 1.46 bits per heavy atom. The predicted molar refractivity (Wildman–Crippen MR) is 161 cm³/mol. The minimum atomic E-state index is -2.55. The second kappa shape index (κ2) is 18.7. The highest BCUT2D eigenvalue weighted by molar-refractivity contribution is 6.76. The number of hydrogen-bond acceptors (Lipinski definition) is 3. The van der Waals surface area contributed by atoms with E-state index in [0.29, 0.717) is 23.7 Å². The monoisotopic (exact) mass is 524 g/mol. The maximum absolute atomic E-state index is 9.92. The molecule has 1 N–H and O–H groups in total. The summed E-state index contributed by atoms with van der Waals surface area (Å²) in [5.41, 5.74) is 0. The number of rotatable bonds is 21. The summed E-state index contributed by atoms with van der Waals surface area (Å²) in [6, 6.07) is 2.11. The molecule has 0 saturated carbocycles. The maximum Gasteiger partial charge on any atom is 0.364 e. The Hall–Kier alpha value is -0.466. The molecule has 0 aromatic carbocycles. The Labute approximate surface area is 221 Å². The van der Waals surface area contributed by atoms with Crippen molar-refractivity contribution >= 4 is 16.6 Å². The molecule has 0 saturated heterocycles. The molecule has 0 aliphatic carbocycles. The summed E-state index contributed by atoms with van der Waals surface area (Å²) >= 11 is 0. The van der Waals surface area contributed by atoms with Crippen molar-refractivity contribution in [3.63, 3.8) is 0 Å². The summed E-state index contributed by atoms with van der Waals surface area (Å²) in [6.07, 6.45) is 20.6. The molecule has 0 spiro atoms. The van der Waals surface area contributed by atoms with Crippen molar-refractivity contribution in [1.29, 1.82) is 0 Å². The maximum atomic E-state index is 9.92. The topological polar surface area (TPSA) is 38.7 Å². The van der Waals surface area contributed by atoms with Gasteiger partial charge >= 0.3 is 8.56 Å². The first-order valence-corrected chi connectivity index (χ1v) is 20.0. The van der Waals surface area contributed by atoms with E-state index in [1.165, 1.54) is 44.6 Å². The molecule has 35 heavy (non-hydrogen) atoms. The molecule has 0 aromatic heterocycles. The number of aliphatic hydroxyl groups excluding tert-OH is 1. The van der Waals surface area contributed by atoms with Crippen LogP contribution in [0.3, 0.4) is 0 Å². The Morgan fingerprint density at radius 3 is 1.97 bits per heavy atom. The van der Waals surface area contributed by atoms with Crippen molar-refractivity contribution in [3.8, 4) is 0 Å². The molecular formula is C30H60O3Si2. The highest BCUT2D eigenvalue weighted by Crippen LogP contribution is 2.31. The van der Waals surface area contributed by atoms with E-state index in [2.05, 4.69) is 78.2 Å². The zero-order valence-electron chi connectivity index (χ0n) is 24.8. The van der Waals surface area contributed by atoms with E-state index in [9.17, 15) is 5.11 Å². The summed E-state index contributed by atoms with van der Waals surface area (Å²) in [5.74, 6) is 2.66. The molecular weight excluding hydrogens is 464 g/mol. The molecule has 0 rings (SSSR count). The first kappa shape index (κ1) is 34.5. The van der Waals surface area contributed by atoms with E-state index in [1.807, 2.05) is 6.08 Å². The SMILES string of the molecule is C=CCC(/C=C/C(/C=C/CCCCCCC(C)C)C(C)C[Si](C)(C)C)C(C)C[Si](CO)(OC)OC. The van der Waals surface area contributed by atoms with Crippen LogP contribution in [0.5, 0.6) is 0 Å². The average Bonchev–Trinajstić information content (AvgIpc) is 2.78. The van der Waals surface area contributed by atoms with E-state index in [4.69, 9.17) is 8.85 Å². The molecule has 0 aliphatic rings.